The molecule has 1 aliphatic carbocycles. The fourth-order valence-corrected chi connectivity index (χ4v) is 3.00. The maximum atomic E-state index is 12.1. The Morgan fingerprint density at radius 1 is 1.42 bits per heavy atom. The van der Waals surface area contributed by atoms with Crippen molar-refractivity contribution in [3.63, 3.8) is 0 Å². The minimum atomic E-state index is -0.816. The molecule has 0 bridgehead atoms. The molecule has 1 atom stereocenters. The Bertz CT molecular complexity index is 517. The van der Waals surface area contributed by atoms with E-state index in [0.29, 0.717) is 18.8 Å². The molecule has 3 N–H and O–H groups in total. The summed E-state index contributed by atoms with van der Waals surface area (Å²) in [6.45, 7) is 4.24. The molecule has 5 nitrogen and oxygen atoms in total. The maximum Gasteiger partial charge on any atom is 0.240 e. The van der Waals surface area contributed by atoms with Gasteiger partial charge in [0.1, 0.15) is 6.10 Å². The Morgan fingerprint density at radius 2 is 2.12 bits per heavy atom. The fourth-order valence-electron chi connectivity index (χ4n) is 3.00. The van der Waals surface area contributed by atoms with Gasteiger partial charge < -0.3 is 15.8 Å². The number of pyridine rings is 1. The molecule has 1 amide bonds. The van der Waals surface area contributed by atoms with Gasteiger partial charge in [-0.05, 0) is 50.7 Å². The van der Waals surface area contributed by atoms with E-state index in [-0.39, 0.29) is 24.4 Å². The molecule has 1 heterocycles. The predicted molar refractivity (Wildman–Crippen MR) is 98.3 cm³/mol. The second kappa shape index (κ2) is 9.84. The Kier molecular flexibility index (Phi) is 8.50. The Morgan fingerprint density at radius 3 is 2.79 bits per heavy atom. The van der Waals surface area contributed by atoms with Crippen LogP contribution in [0.4, 0.5) is 0 Å². The normalized spacial score (nSPS) is 17.5. The maximum absolute atomic E-state index is 12.1. The zero-order chi connectivity index (χ0) is 16.7. The van der Waals surface area contributed by atoms with Crippen LogP contribution >= 0.6 is 12.4 Å². The summed E-state index contributed by atoms with van der Waals surface area (Å²) in [6.07, 6.45) is 9.52. The third-order valence-electron chi connectivity index (χ3n) is 4.38. The molecule has 1 aromatic heterocycles. The lowest BCUT2D eigenvalue weighted by molar-refractivity contribution is -0.126. The van der Waals surface area contributed by atoms with E-state index in [1.54, 1.807) is 13.1 Å². The highest BCUT2D eigenvalue weighted by Gasteiger charge is 2.26. The standard InChI is InChI=1S/C18H29N3O2.ClH/c1-3-10-18(2,19)17(22)21-13-14-9-11-20-16(12-14)23-15-7-5-4-6-8-15;/h9,11-12,15H,3-8,10,13,19H2,1-2H3,(H,21,22);1H. The van der Waals surface area contributed by atoms with Crippen molar-refractivity contribution in [1.29, 1.82) is 0 Å². The fraction of sp³-hybridized carbons (Fsp3) is 0.667. The number of halogens is 1. The third-order valence-corrected chi connectivity index (χ3v) is 4.38. The number of hydrogen-bond acceptors (Lipinski definition) is 4. The summed E-state index contributed by atoms with van der Waals surface area (Å²) in [6, 6.07) is 3.80. The van der Waals surface area contributed by atoms with Gasteiger partial charge in [-0.2, -0.15) is 0 Å². The van der Waals surface area contributed by atoms with Crippen LogP contribution in [0.5, 0.6) is 5.88 Å². The summed E-state index contributed by atoms with van der Waals surface area (Å²) in [4.78, 5) is 16.4. The Balaban J connectivity index is 0.00000288. The first-order chi connectivity index (χ1) is 11.0. The monoisotopic (exact) mass is 355 g/mol. The van der Waals surface area contributed by atoms with Crippen LogP contribution in [-0.2, 0) is 11.3 Å². The van der Waals surface area contributed by atoms with E-state index in [1.165, 1.54) is 19.3 Å². The average Bonchev–Trinajstić information content (AvgIpc) is 2.54. The quantitative estimate of drug-likeness (QED) is 0.786. The van der Waals surface area contributed by atoms with Gasteiger partial charge in [0.05, 0.1) is 5.54 Å². The number of nitrogens with one attached hydrogen (secondary N) is 1. The molecule has 0 saturated heterocycles. The zero-order valence-electron chi connectivity index (χ0n) is 14.7. The molecule has 1 fully saturated rings. The van der Waals surface area contributed by atoms with Gasteiger partial charge in [-0.15, -0.1) is 12.4 Å². The Labute approximate surface area is 151 Å². The lowest BCUT2D eigenvalue weighted by Gasteiger charge is -2.23. The van der Waals surface area contributed by atoms with Crippen LogP contribution in [-0.4, -0.2) is 22.5 Å². The van der Waals surface area contributed by atoms with Gasteiger partial charge >= 0.3 is 0 Å². The number of hydrogen-bond donors (Lipinski definition) is 2. The number of carbonyl (C=O) groups excluding carboxylic acids is 1. The van der Waals surface area contributed by atoms with Crippen LogP contribution < -0.4 is 15.8 Å². The Hall–Kier alpha value is -1.33. The summed E-state index contributed by atoms with van der Waals surface area (Å²) < 4.78 is 5.96. The van der Waals surface area contributed by atoms with Crippen molar-refractivity contribution in [3.8, 4) is 5.88 Å². The smallest absolute Gasteiger partial charge is 0.240 e. The summed E-state index contributed by atoms with van der Waals surface area (Å²) in [5.74, 6) is 0.527. The van der Waals surface area contributed by atoms with Gasteiger partial charge in [-0.25, -0.2) is 4.98 Å². The molecule has 1 saturated carbocycles. The second-order valence-electron chi connectivity index (χ2n) is 6.73. The summed E-state index contributed by atoms with van der Waals surface area (Å²) >= 11 is 0. The average molecular weight is 356 g/mol. The van der Waals surface area contributed by atoms with Crippen molar-refractivity contribution in [2.45, 2.75) is 77.0 Å². The van der Waals surface area contributed by atoms with Gasteiger partial charge in [0.2, 0.25) is 11.8 Å². The lowest BCUT2D eigenvalue weighted by Crippen LogP contribution is -2.51. The van der Waals surface area contributed by atoms with Crippen molar-refractivity contribution < 1.29 is 9.53 Å². The highest BCUT2D eigenvalue weighted by Crippen LogP contribution is 2.22. The third kappa shape index (κ3) is 6.29. The predicted octanol–water partition coefficient (Wildman–Crippen LogP) is 3.35. The number of carbonyl (C=O) groups is 1. The van der Waals surface area contributed by atoms with Crippen LogP contribution in [0, 0.1) is 0 Å². The summed E-state index contributed by atoms with van der Waals surface area (Å²) in [5.41, 5.74) is 6.20. The zero-order valence-corrected chi connectivity index (χ0v) is 15.5. The van der Waals surface area contributed by atoms with Crippen LogP contribution in [0.1, 0.15) is 64.4 Å². The molecule has 0 aromatic carbocycles. The van der Waals surface area contributed by atoms with Crippen molar-refractivity contribution in [2.24, 2.45) is 5.73 Å². The van der Waals surface area contributed by atoms with Gasteiger partial charge in [-0.3, -0.25) is 4.79 Å². The van der Waals surface area contributed by atoms with E-state index in [2.05, 4.69) is 10.3 Å². The number of amides is 1. The first-order valence-corrected chi connectivity index (χ1v) is 8.70. The van der Waals surface area contributed by atoms with Crippen molar-refractivity contribution >= 4 is 18.3 Å². The molecule has 1 aliphatic rings. The molecule has 0 aliphatic heterocycles. The molecular weight excluding hydrogens is 326 g/mol. The molecule has 1 unspecified atom stereocenters. The minimum absolute atomic E-state index is 0. The van der Waals surface area contributed by atoms with E-state index in [4.69, 9.17) is 10.5 Å². The molecule has 1 aromatic rings. The number of nitrogens with zero attached hydrogens (tertiary/aromatic N) is 1. The molecule has 24 heavy (non-hydrogen) atoms. The largest absolute Gasteiger partial charge is 0.474 e. The lowest BCUT2D eigenvalue weighted by atomic mass is 9.96. The number of aromatic nitrogens is 1. The van der Waals surface area contributed by atoms with Gasteiger partial charge in [0.15, 0.2) is 0 Å². The van der Waals surface area contributed by atoms with Crippen LogP contribution in [0.2, 0.25) is 0 Å². The van der Waals surface area contributed by atoms with Crippen LogP contribution in [0.25, 0.3) is 0 Å². The van der Waals surface area contributed by atoms with E-state index < -0.39 is 5.54 Å². The van der Waals surface area contributed by atoms with Crippen molar-refractivity contribution in [1.82, 2.24) is 10.3 Å². The molecule has 136 valence electrons. The molecular formula is C18H30ClN3O2. The van der Waals surface area contributed by atoms with Gasteiger partial charge in [0, 0.05) is 18.8 Å². The number of rotatable bonds is 7. The highest BCUT2D eigenvalue weighted by atomic mass is 35.5. The van der Waals surface area contributed by atoms with E-state index in [9.17, 15) is 4.79 Å². The van der Waals surface area contributed by atoms with Gasteiger partial charge in [0.25, 0.3) is 0 Å². The summed E-state index contributed by atoms with van der Waals surface area (Å²) in [7, 11) is 0. The topological polar surface area (TPSA) is 77.2 Å². The second-order valence-corrected chi connectivity index (χ2v) is 6.73. The van der Waals surface area contributed by atoms with Crippen LogP contribution in [0.3, 0.4) is 0 Å². The summed E-state index contributed by atoms with van der Waals surface area (Å²) in [5, 5.41) is 2.91. The molecule has 6 heteroatoms. The van der Waals surface area contributed by atoms with Crippen molar-refractivity contribution in [3.05, 3.63) is 23.9 Å². The van der Waals surface area contributed by atoms with Gasteiger partial charge in [-0.1, -0.05) is 19.8 Å². The highest BCUT2D eigenvalue weighted by molar-refractivity contribution is 5.85. The first kappa shape index (κ1) is 20.7. The van der Waals surface area contributed by atoms with Crippen LogP contribution in [0.15, 0.2) is 18.3 Å². The number of ether oxygens (including phenoxy) is 1. The molecule has 0 spiro atoms. The minimum Gasteiger partial charge on any atom is -0.474 e. The molecule has 2 rings (SSSR count). The SMILES string of the molecule is CCCC(C)(N)C(=O)NCc1ccnc(OC2CCCCC2)c1.Cl. The van der Waals surface area contributed by atoms with Crippen molar-refractivity contribution in [2.75, 3.05) is 0 Å². The van der Waals surface area contributed by atoms with E-state index in [0.717, 1.165) is 24.8 Å². The molecule has 0 radical (unpaired) electrons. The number of nitrogens with two attached hydrogens (primary N) is 1. The van der Waals surface area contributed by atoms with E-state index in [1.807, 2.05) is 19.1 Å². The first-order valence-electron chi connectivity index (χ1n) is 8.70. The van der Waals surface area contributed by atoms with E-state index >= 15 is 0 Å².